The van der Waals surface area contributed by atoms with Gasteiger partial charge in [0, 0.05) is 37.6 Å². The molecular weight excluding hydrogens is 298 g/mol. The average Bonchev–Trinajstić information content (AvgIpc) is 2.88. The van der Waals surface area contributed by atoms with Gasteiger partial charge >= 0.3 is 0 Å². The Kier molecular flexibility index (Phi) is 4.54. The maximum atomic E-state index is 11.7. The fourth-order valence-corrected chi connectivity index (χ4v) is 3.63. The van der Waals surface area contributed by atoms with Crippen molar-refractivity contribution in [1.29, 1.82) is 0 Å². The number of fused-ring (bicyclic) bond motifs is 1. The van der Waals surface area contributed by atoms with E-state index < -0.39 is 0 Å². The number of anilines is 1. The summed E-state index contributed by atoms with van der Waals surface area (Å²) in [6, 6.07) is 2.16. The molecule has 1 amide bonds. The van der Waals surface area contributed by atoms with E-state index in [0.717, 1.165) is 42.2 Å². The molecule has 1 aliphatic rings. The minimum Gasteiger partial charge on any atom is -0.355 e. The van der Waals surface area contributed by atoms with Crippen LogP contribution in [0, 0.1) is 6.92 Å². The molecule has 1 saturated heterocycles. The van der Waals surface area contributed by atoms with Gasteiger partial charge in [0.15, 0.2) is 0 Å². The molecule has 3 heterocycles. The number of nitrogens with zero attached hydrogens (tertiary/aromatic N) is 4. The number of nitrogens with one attached hydrogen (secondary N) is 1. The van der Waals surface area contributed by atoms with Gasteiger partial charge in [-0.15, -0.1) is 11.3 Å². The highest BCUT2D eigenvalue weighted by atomic mass is 32.1. The van der Waals surface area contributed by atoms with Crippen molar-refractivity contribution >= 4 is 33.3 Å². The van der Waals surface area contributed by atoms with Gasteiger partial charge in [-0.05, 0) is 19.9 Å². The Labute approximate surface area is 134 Å². The van der Waals surface area contributed by atoms with Crippen molar-refractivity contribution in [2.75, 3.05) is 44.2 Å². The zero-order chi connectivity index (χ0) is 15.5. The molecule has 7 heteroatoms. The fourth-order valence-electron chi connectivity index (χ4n) is 2.79. The average molecular weight is 319 g/mol. The predicted octanol–water partition coefficient (Wildman–Crippen LogP) is 1.26. The Hall–Kier alpha value is -1.73. The second-order valence-electron chi connectivity index (χ2n) is 5.49. The van der Waals surface area contributed by atoms with Crippen molar-refractivity contribution in [2.24, 2.45) is 0 Å². The SMILES string of the molecule is CCNC(=O)CN1CCN(c2ncnc3sc(C)cc23)CC1. The maximum absolute atomic E-state index is 11.7. The number of carbonyl (C=O) groups is 1. The summed E-state index contributed by atoms with van der Waals surface area (Å²) in [5.41, 5.74) is 0. The lowest BCUT2D eigenvalue weighted by Gasteiger charge is -2.35. The van der Waals surface area contributed by atoms with Gasteiger partial charge in [-0.3, -0.25) is 9.69 Å². The highest BCUT2D eigenvalue weighted by Gasteiger charge is 2.21. The van der Waals surface area contributed by atoms with Gasteiger partial charge < -0.3 is 10.2 Å². The lowest BCUT2D eigenvalue weighted by Crippen LogP contribution is -2.49. The largest absolute Gasteiger partial charge is 0.355 e. The molecule has 1 fully saturated rings. The first-order valence-electron chi connectivity index (χ1n) is 7.62. The lowest BCUT2D eigenvalue weighted by molar-refractivity contribution is -0.122. The first-order valence-corrected chi connectivity index (χ1v) is 8.44. The van der Waals surface area contributed by atoms with Crippen LogP contribution in [-0.2, 0) is 4.79 Å². The number of thiophene rings is 1. The molecule has 0 unspecified atom stereocenters. The topological polar surface area (TPSA) is 61.4 Å². The molecule has 0 aromatic carbocycles. The first-order chi connectivity index (χ1) is 10.7. The van der Waals surface area contributed by atoms with Crippen LogP contribution in [0.25, 0.3) is 10.2 Å². The molecule has 1 N–H and O–H groups in total. The van der Waals surface area contributed by atoms with Crippen LogP contribution in [0.2, 0.25) is 0 Å². The minimum atomic E-state index is 0.105. The van der Waals surface area contributed by atoms with Crippen molar-refractivity contribution < 1.29 is 4.79 Å². The third-order valence-electron chi connectivity index (χ3n) is 3.84. The molecule has 0 bridgehead atoms. The summed E-state index contributed by atoms with van der Waals surface area (Å²) >= 11 is 1.70. The number of hydrogen-bond donors (Lipinski definition) is 1. The van der Waals surface area contributed by atoms with Crippen LogP contribution in [0.15, 0.2) is 12.4 Å². The van der Waals surface area contributed by atoms with Crippen molar-refractivity contribution in [3.8, 4) is 0 Å². The number of carbonyl (C=O) groups excluding carboxylic acids is 1. The van der Waals surface area contributed by atoms with Crippen LogP contribution in [0.5, 0.6) is 0 Å². The Morgan fingerprint density at radius 2 is 2.09 bits per heavy atom. The highest BCUT2D eigenvalue weighted by molar-refractivity contribution is 7.18. The molecule has 1 aliphatic heterocycles. The molecule has 0 radical (unpaired) electrons. The summed E-state index contributed by atoms with van der Waals surface area (Å²) in [6.45, 7) is 8.76. The van der Waals surface area contributed by atoms with E-state index in [-0.39, 0.29) is 5.91 Å². The monoisotopic (exact) mass is 319 g/mol. The van der Waals surface area contributed by atoms with Gasteiger partial charge in [0.2, 0.25) is 5.91 Å². The quantitative estimate of drug-likeness (QED) is 0.919. The van der Waals surface area contributed by atoms with Crippen LogP contribution in [-0.4, -0.2) is 60.0 Å². The van der Waals surface area contributed by atoms with Gasteiger partial charge in [-0.2, -0.15) is 0 Å². The minimum absolute atomic E-state index is 0.105. The Morgan fingerprint density at radius 1 is 1.32 bits per heavy atom. The van der Waals surface area contributed by atoms with Gasteiger partial charge in [0.05, 0.1) is 11.9 Å². The summed E-state index contributed by atoms with van der Waals surface area (Å²) < 4.78 is 0. The third kappa shape index (κ3) is 3.20. The number of aromatic nitrogens is 2. The van der Waals surface area contributed by atoms with E-state index in [0.29, 0.717) is 13.1 Å². The smallest absolute Gasteiger partial charge is 0.234 e. The van der Waals surface area contributed by atoms with Crippen molar-refractivity contribution in [2.45, 2.75) is 13.8 Å². The van der Waals surface area contributed by atoms with Crippen LogP contribution < -0.4 is 10.2 Å². The number of likely N-dealkylation sites (N-methyl/N-ethyl adjacent to an activating group) is 1. The van der Waals surface area contributed by atoms with Crippen LogP contribution in [0.3, 0.4) is 0 Å². The summed E-state index contributed by atoms with van der Waals surface area (Å²) in [5, 5.41) is 3.99. The highest BCUT2D eigenvalue weighted by Crippen LogP contribution is 2.30. The van der Waals surface area contributed by atoms with E-state index in [1.807, 2.05) is 6.92 Å². The van der Waals surface area contributed by atoms with E-state index in [2.05, 4.69) is 38.1 Å². The predicted molar refractivity (Wildman–Crippen MR) is 89.5 cm³/mol. The maximum Gasteiger partial charge on any atom is 0.234 e. The molecule has 6 nitrogen and oxygen atoms in total. The molecule has 0 spiro atoms. The summed E-state index contributed by atoms with van der Waals surface area (Å²) in [7, 11) is 0. The third-order valence-corrected chi connectivity index (χ3v) is 4.80. The number of hydrogen-bond acceptors (Lipinski definition) is 6. The van der Waals surface area contributed by atoms with E-state index in [4.69, 9.17) is 0 Å². The number of aryl methyl sites for hydroxylation is 1. The molecule has 3 rings (SSSR count). The van der Waals surface area contributed by atoms with Crippen molar-refractivity contribution in [1.82, 2.24) is 20.2 Å². The normalized spacial score (nSPS) is 16.2. The molecule has 0 atom stereocenters. The van der Waals surface area contributed by atoms with Crippen molar-refractivity contribution in [3.05, 3.63) is 17.3 Å². The molecule has 0 aliphatic carbocycles. The van der Waals surface area contributed by atoms with Gasteiger partial charge in [0.1, 0.15) is 17.0 Å². The zero-order valence-electron chi connectivity index (χ0n) is 13.0. The molecule has 22 heavy (non-hydrogen) atoms. The van der Waals surface area contributed by atoms with Crippen LogP contribution in [0.4, 0.5) is 5.82 Å². The first kappa shape index (κ1) is 15.2. The molecule has 118 valence electrons. The second kappa shape index (κ2) is 6.58. The van der Waals surface area contributed by atoms with Gasteiger partial charge in [-0.25, -0.2) is 9.97 Å². The lowest BCUT2D eigenvalue weighted by atomic mass is 10.2. The summed E-state index contributed by atoms with van der Waals surface area (Å²) in [5.74, 6) is 1.13. The summed E-state index contributed by atoms with van der Waals surface area (Å²) in [6.07, 6.45) is 1.65. The Balaban J connectivity index is 1.67. The van der Waals surface area contributed by atoms with Crippen LogP contribution in [0.1, 0.15) is 11.8 Å². The Bertz CT molecular complexity index is 663. The van der Waals surface area contributed by atoms with E-state index in [1.54, 1.807) is 17.7 Å². The van der Waals surface area contributed by atoms with Crippen molar-refractivity contribution in [3.63, 3.8) is 0 Å². The second-order valence-corrected chi connectivity index (χ2v) is 6.72. The summed E-state index contributed by atoms with van der Waals surface area (Å²) in [4.78, 5) is 27.3. The Morgan fingerprint density at radius 3 is 2.82 bits per heavy atom. The van der Waals surface area contributed by atoms with Crippen LogP contribution >= 0.6 is 11.3 Å². The molecular formula is C15H21N5OS. The fraction of sp³-hybridized carbons (Fsp3) is 0.533. The zero-order valence-corrected chi connectivity index (χ0v) is 13.8. The number of piperazine rings is 1. The number of amides is 1. The molecule has 2 aromatic heterocycles. The standard InChI is InChI=1S/C15H21N5OS/c1-3-16-13(21)9-19-4-6-20(7-5-19)14-12-8-11(2)22-15(12)18-10-17-14/h8,10H,3-7,9H2,1-2H3,(H,16,21). The van der Waals surface area contributed by atoms with E-state index in [1.165, 1.54) is 4.88 Å². The van der Waals surface area contributed by atoms with Gasteiger partial charge in [0.25, 0.3) is 0 Å². The number of rotatable bonds is 4. The van der Waals surface area contributed by atoms with Gasteiger partial charge in [-0.1, -0.05) is 0 Å². The van der Waals surface area contributed by atoms with E-state index in [9.17, 15) is 4.79 Å². The molecule has 0 saturated carbocycles. The van der Waals surface area contributed by atoms with E-state index >= 15 is 0 Å². The molecule has 2 aromatic rings.